The van der Waals surface area contributed by atoms with Crippen molar-refractivity contribution in [2.24, 2.45) is 57.2 Å². The molecular weight excluding hydrogens is 428 g/mol. The lowest BCUT2D eigenvalue weighted by molar-refractivity contribution is -0.142. The number of fused-ring (bicyclic) bond motifs is 2. The van der Waals surface area contributed by atoms with E-state index in [0.717, 1.165) is 23.7 Å². The normalized spacial score (nSPS) is 45.9. The van der Waals surface area contributed by atoms with Gasteiger partial charge in [-0.25, -0.2) is 0 Å². The highest BCUT2D eigenvalue weighted by Crippen LogP contribution is 2.60. The van der Waals surface area contributed by atoms with Crippen LogP contribution in [0.1, 0.15) is 140 Å². The molecule has 0 amide bonds. The Morgan fingerprint density at radius 1 is 0.743 bits per heavy atom. The van der Waals surface area contributed by atoms with Crippen LogP contribution in [0.4, 0.5) is 0 Å². The van der Waals surface area contributed by atoms with Crippen molar-refractivity contribution in [3.63, 3.8) is 0 Å². The molecule has 0 heterocycles. The van der Waals surface area contributed by atoms with Gasteiger partial charge in [0.2, 0.25) is 0 Å². The van der Waals surface area contributed by atoms with Gasteiger partial charge >= 0.3 is 0 Å². The quantitative estimate of drug-likeness (QED) is 0.406. The van der Waals surface area contributed by atoms with Gasteiger partial charge < -0.3 is 10.2 Å². The highest BCUT2D eigenvalue weighted by atomic mass is 16.3. The van der Waals surface area contributed by atoms with Gasteiger partial charge in [0.05, 0.1) is 11.7 Å². The summed E-state index contributed by atoms with van der Waals surface area (Å²) in [6, 6.07) is 0. The first-order chi connectivity index (χ1) is 15.8. The van der Waals surface area contributed by atoms with Gasteiger partial charge in [0.1, 0.15) is 0 Å². The molecule has 206 valence electrons. The number of hydrogen-bond donors (Lipinski definition) is 2. The van der Waals surface area contributed by atoms with Crippen LogP contribution in [-0.4, -0.2) is 21.9 Å². The van der Waals surface area contributed by atoms with Crippen LogP contribution in [-0.2, 0) is 0 Å². The van der Waals surface area contributed by atoms with Crippen molar-refractivity contribution in [3.8, 4) is 0 Å². The van der Waals surface area contributed by atoms with Gasteiger partial charge in [-0.15, -0.1) is 0 Å². The molecule has 9 atom stereocenters. The van der Waals surface area contributed by atoms with E-state index in [1.165, 1.54) is 64.2 Å². The maximum absolute atomic E-state index is 10.6. The van der Waals surface area contributed by atoms with E-state index >= 15 is 0 Å². The first kappa shape index (κ1) is 29.5. The van der Waals surface area contributed by atoms with Gasteiger partial charge in [-0.05, 0) is 116 Å². The van der Waals surface area contributed by atoms with E-state index in [0.29, 0.717) is 22.7 Å². The van der Waals surface area contributed by atoms with Gasteiger partial charge in [0.25, 0.3) is 0 Å². The average Bonchev–Trinajstić information content (AvgIpc) is 2.70. The van der Waals surface area contributed by atoms with Crippen LogP contribution in [0.3, 0.4) is 0 Å². The lowest BCUT2D eigenvalue weighted by atomic mass is 9.48. The molecule has 4 saturated carbocycles. The van der Waals surface area contributed by atoms with Crippen molar-refractivity contribution >= 4 is 0 Å². The minimum absolute atomic E-state index is 0.0722. The Hall–Kier alpha value is -0.0800. The molecule has 0 aromatic rings. The Morgan fingerprint density at radius 3 is 1.60 bits per heavy atom. The molecule has 0 radical (unpaired) electrons. The summed E-state index contributed by atoms with van der Waals surface area (Å²) in [4.78, 5) is 0. The highest BCUT2D eigenvalue weighted by Gasteiger charge is 2.54. The second-order valence-corrected chi connectivity index (χ2v) is 16.3. The molecular formula is C33H62O2. The minimum Gasteiger partial charge on any atom is -0.393 e. The van der Waals surface area contributed by atoms with Gasteiger partial charge in [0.15, 0.2) is 0 Å². The summed E-state index contributed by atoms with van der Waals surface area (Å²) in [5.41, 5.74) is 0.595. The second-order valence-electron chi connectivity index (χ2n) is 16.3. The molecule has 0 aromatic heterocycles. The van der Waals surface area contributed by atoms with E-state index in [1.807, 2.05) is 20.8 Å². The predicted molar refractivity (Wildman–Crippen MR) is 150 cm³/mol. The van der Waals surface area contributed by atoms with Crippen molar-refractivity contribution in [1.29, 1.82) is 0 Å². The number of hydrogen-bond acceptors (Lipinski definition) is 2. The van der Waals surface area contributed by atoms with Crippen LogP contribution in [0.25, 0.3) is 0 Å². The third-order valence-electron chi connectivity index (χ3n) is 13.1. The Morgan fingerprint density at radius 2 is 1.17 bits per heavy atom. The maximum Gasteiger partial charge on any atom is 0.0647 e. The van der Waals surface area contributed by atoms with Crippen molar-refractivity contribution < 1.29 is 10.2 Å². The fourth-order valence-corrected chi connectivity index (χ4v) is 9.34. The lowest BCUT2D eigenvalue weighted by Crippen LogP contribution is -2.54. The Balaban J connectivity index is 0.000000196. The standard InChI is InChI=1S/C17H32O.C16H30O/c1-12-10-13-8-7-9-15(2,3)14(13)11-17(12,6)16(4,5)18;1-11-9-13-7-6-8-15(3,4)14(13)10-16(11,5)12(2)17/h12-14,18H,7-11H2,1-6H3;11-14,17H,6-10H2,1-5H3. The van der Waals surface area contributed by atoms with E-state index in [1.54, 1.807) is 0 Å². The fraction of sp³-hybridized carbons (Fsp3) is 1.00. The summed E-state index contributed by atoms with van der Waals surface area (Å²) in [6.07, 6.45) is 13.3. The second kappa shape index (κ2) is 9.91. The summed E-state index contributed by atoms with van der Waals surface area (Å²) in [5.74, 6) is 4.75. The SMILES string of the molecule is CC(O)C1(C)CC2C(CCCC2(C)C)CC1C.CC1CC2CCCC(C)(C)C2CC1(C)C(C)(C)O. The van der Waals surface area contributed by atoms with Crippen LogP contribution in [0.5, 0.6) is 0 Å². The lowest BCUT2D eigenvalue weighted by Gasteiger charge is -2.58. The molecule has 9 unspecified atom stereocenters. The molecule has 2 nitrogen and oxygen atoms in total. The molecule has 4 aliphatic carbocycles. The van der Waals surface area contributed by atoms with E-state index in [4.69, 9.17) is 0 Å². The summed E-state index contributed by atoms with van der Waals surface area (Å²) >= 11 is 0. The van der Waals surface area contributed by atoms with Gasteiger partial charge in [-0.2, -0.15) is 0 Å². The zero-order valence-electron chi connectivity index (χ0n) is 25.5. The largest absolute Gasteiger partial charge is 0.393 e. The number of aliphatic hydroxyl groups excluding tert-OH is 1. The molecule has 4 rings (SSSR count). The van der Waals surface area contributed by atoms with E-state index in [-0.39, 0.29) is 16.9 Å². The predicted octanol–water partition coefficient (Wildman–Crippen LogP) is 8.88. The Bertz CT molecular complexity index is 715. The smallest absolute Gasteiger partial charge is 0.0647 e. The van der Waals surface area contributed by atoms with Crippen molar-refractivity contribution in [1.82, 2.24) is 0 Å². The van der Waals surface area contributed by atoms with Gasteiger partial charge in [0, 0.05) is 0 Å². The van der Waals surface area contributed by atoms with Crippen LogP contribution in [0.15, 0.2) is 0 Å². The molecule has 0 saturated heterocycles. The first-order valence-corrected chi connectivity index (χ1v) is 15.3. The molecule has 0 aromatic carbocycles. The van der Waals surface area contributed by atoms with Gasteiger partial charge in [-0.1, -0.05) is 81.1 Å². The van der Waals surface area contributed by atoms with Crippen LogP contribution in [0, 0.1) is 57.2 Å². The van der Waals surface area contributed by atoms with E-state index in [2.05, 4.69) is 55.4 Å². The van der Waals surface area contributed by atoms with Crippen LogP contribution >= 0.6 is 0 Å². The van der Waals surface area contributed by atoms with Crippen molar-refractivity contribution in [2.75, 3.05) is 0 Å². The molecule has 35 heavy (non-hydrogen) atoms. The summed E-state index contributed by atoms with van der Waals surface area (Å²) in [5, 5.41) is 20.8. The fourth-order valence-electron chi connectivity index (χ4n) is 9.34. The van der Waals surface area contributed by atoms with Crippen molar-refractivity contribution in [3.05, 3.63) is 0 Å². The van der Waals surface area contributed by atoms with Crippen LogP contribution in [0.2, 0.25) is 0 Å². The molecule has 0 spiro atoms. The Kier molecular flexibility index (Phi) is 8.34. The summed E-state index contributed by atoms with van der Waals surface area (Å²) in [6.45, 7) is 25.1. The molecule has 2 N–H and O–H groups in total. The summed E-state index contributed by atoms with van der Waals surface area (Å²) < 4.78 is 0. The monoisotopic (exact) mass is 490 g/mol. The first-order valence-electron chi connectivity index (χ1n) is 15.3. The maximum atomic E-state index is 10.6. The molecule has 0 aliphatic heterocycles. The number of aliphatic hydroxyl groups is 2. The zero-order chi connectivity index (χ0) is 26.6. The minimum atomic E-state index is -0.565. The van der Waals surface area contributed by atoms with Crippen LogP contribution < -0.4 is 0 Å². The van der Waals surface area contributed by atoms with E-state index < -0.39 is 5.60 Å². The van der Waals surface area contributed by atoms with Crippen molar-refractivity contribution in [2.45, 2.75) is 152 Å². The molecule has 4 aliphatic rings. The third kappa shape index (κ3) is 5.55. The van der Waals surface area contributed by atoms with Gasteiger partial charge in [-0.3, -0.25) is 0 Å². The molecule has 4 fully saturated rings. The highest BCUT2D eigenvalue weighted by molar-refractivity contribution is 5.04. The third-order valence-corrected chi connectivity index (χ3v) is 13.1. The molecule has 2 heteroatoms. The zero-order valence-corrected chi connectivity index (χ0v) is 25.5. The topological polar surface area (TPSA) is 40.5 Å². The average molecular weight is 491 g/mol. The number of rotatable bonds is 2. The van der Waals surface area contributed by atoms with E-state index in [9.17, 15) is 10.2 Å². The summed E-state index contributed by atoms with van der Waals surface area (Å²) in [7, 11) is 0. The molecule has 0 bridgehead atoms. The Labute approximate surface area is 219 Å².